The topological polar surface area (TPSA) is 108 Å². The summed E-state index contributed by atoms with van der Waals surface area (Å²) in [7, 11) is 0. The molecule has 0 bridgehead atoms. The van der Waals surface area contributed by atoms with Gasteiger partial charge in [0.2, 0.25) is 0 Å². The average molecular weight is 293 g/mol. The number of carboxylic acid groups (broad SMARTS) is 1. The van der Waals surface area contributed by atoms with Crippen LogP contribution in [0.1, 0.15) is 31.1 Å². The third-order valence-corrected chi connectivity index (χ3v) is 2.54. The summed E-state index contributed by atoms with van der Waals surface area (Å²) in [6.45, 7) is 5.07. The van der Waals surface area contributed by atoms with Gasteiger partial charge in [-0.2, -0.15) is 0 Å². The number of hydrogen-bond acceptors (Lipinski definition) is 3. The highest BCUT2D eigenvalue weighted by molar-refractivity contribution is 5.97. The first-order chi connectivity index (χ1) is 9.79. The van der Waals surface area contributed by atoms with Gasteiger partial charge >= 0.3 is 12.0 Å². The summed E-state index contributed by atoms with van der Waals surface area (Å²) < 4.78 is 0. The van der Waals surface area contributed by atoms with E-state index >= 15 is 0 Å². The van der Waals surface area contributed by atoms with E-state index in [1.165, 1.54) is 19.1 Å². The van der Waals surface area contributed by atoms with Crippen molar-refractivity contribution in [3.63, 3.8) is 0 Å². The van der Waals surface area contributed by atoms with Crippen LogP contribution in [-0.4, -0.2) is 35.1 Å². The summed E-state index contributed by atoms with van der Waals surface area (Å²) in [6, 6.07) is 4.88. The maximum absolute atomic E-state index is 11.8. The predicted molar refractivity (Wildman–Crippen MR) is 78.3 cm³/mol. The number of amides is 3. The third kappa shape index (κ3) is 5.52. The van der Waals surface area contributed by atoms with Crippen molar-refractivity contribution in [2.24, 2.45) is 0 Å². The van der Waals surface area contributed by atoms with Gasteiger partial charge in [-0.05, 0) is 45.0 Å². The van der Waals surface area contributed by atoms with E-state index in [1.54, 1.807) is 12.1 Å². The lowest BCUT2D eigenvalue weighted by atomic mass is 10.2. The molecule has 3 amide bonds. The molecule has 0 aromatic heterocycles. The molecule has 1 atom stereocenters. The van der Waals surface area contributed by atoms with Crippen molar-refractivity contribution >= 4 is 23.6 Å². The molecular formula is C14H19N3O4. The molecule has 4 N–H and O–H groups in total. The Labute approximate surface area is 122 Å². The zero-order valence-corrected chi connectivity index (χ0v) is 12.1. The Kier molecular flexibility index (Phi) is 5.71. The summed E-state index contributed by atoms with van der Waals surface area (Å²) in [4.78, 5) is 33.9. The molecule has 0 aliphatic heterocycles. The Hall–Kier alpha value is -2.57. The van der Waals surface area contributed by atoms with E-state index in [4.69, 9.17) is 5.11 Å². The molecule has 0 heterocycles. The van der Waals surface area contributed by atoms with E-state index in [2.05, 4.69) is 16.0 Å². The lowest BCUT2D eigenvalue weighted by Crippen LogP contribution is -2.38. The van der Waals surface area contributed by atoms with E-state index in [0.29, 0.717) is 11.3 Å². The van der Waals surface area contributed by atoms with Crippen LogP contribution in [0.5, 0.6) is 0 Å². The highest BCUT2D eigenvalue weighted by Gasteiger charge is 2.15. The normalized spacial score (nSPS) is 11.6. The minimum absolute atomic E-state index is 0.0209. The van der Waals surface area contributed by atoms with Gasteiger partial charge in [0.15, 0.2) is 0 Å². The van der Waals surface area contributed by atoms with Gasteiger partial charge in [0.25, 0.3) is 5.91 Å². The highest BCUT2D eigenvalue weighted by atomic mass is 16.4. The number of carbonyl (C=O) groups is 3. The maximum Gasteiger partial charge on any atom is 0.325 e. The number of nitrogens with one attached hydrogen (secondary N) is 3. The van der Waals surface area contributed by atoms with E-state index in [-0.39, 0.29) is 12.1 Å². The van der Waals surface area contributed by atoms with Crippen molar-refractivity contribution < 1.29 is 19.5 Å². The van der Waals surface area contributed by atoms with Crippen LogP contribution in [0.4, 0.5) is 10.5 Å². The molecule has 0 saturated carbocycles. The van der Waals surface area contributed by atoms with Gasteiger partial charge in [-0.3, -0.25) is 9.59 Å². The number of carboxylic acids is 1. The lowest BCUT2D eigenvalue weighted by Gasteiger charge is -2.11. The summed E-state index contributed by atoms with van der Waals surface area (Å²) in [6.07, 6.45) is 0. The van der Waals surface area contributed by atoms with Crippen LogP contribution in [0.15, 0.2) is 24.3 Å². The summed E-state index contributed by atoms with van der Waals surface area (Å²) in [5.41, 5.74) is 0.855. The van der Waals surface area contributed by atoms with E-state index < -0.39 is 17.9 Å². The van der Waals surface area contributed by atoms with Gasteiger partial charge in [0.05, 0.1) is 0 Å². The molecule has 0 aliphatic carbocycles. The fraction of sp³-hybridized carbons (Fsp3) is 0.357. The van der Waals surface area contributed by atoms with Crippen molar-refractivity contribution in [2.75, 3.05) is 5.32 Å². The number of hydrogen-bond donors (Lipinski definition) is 4. The zero-order valence-electron chi connectivity index (χ0n) is 12.1. The van der Waals surface area contributed by atoms with Crippen molar-refractivity contribution in [2.45, 2.75) is 32.9 Å². The van der Waals surface area contributed by atoms with Gasteiger partial charge in [-0.25, -0.2) is 4.79 Å². The molecule has 0 radical (unpaired) electrons. The molecule has 0 spiro atoms. The van der Waals surface area contributed by atoms with Crippen molar-refractivity contribution in [1.29, 1.82) is 0 Å². The Morgan fingerprint density at radius 3 is 2.05 bits per heavy atom. The SMILES string of the molecule is CC(C)NC(=O)Nc1ccc(C(=O)NC(C)C(=O)O)cc1. The third-order valence-electron chi connectivity index (χ3n) is 2.54. The molecule has 1 unspecified atom stereocenters. The quantitative estimate of drug-likeness (QED) is 0.658. The fourth-order valence-electron chi connectivity index (χ4n) is 1.48. The minimum atomic E-state index is -1.10. The van der Waals surface area contributed by atoms with Crippen LogP contribution in [0.3, 0.4) is 0 Å². The Bertz CT molecular complexity index is 526. The fourth-order valence-corrected chi connectivity index (χ4v) is 1.48. The number of benzene rings is 1. The molecule has 0 fully saturated rings. The van der Waals surface area contributed by atoms with Crippen LogP contribution in [0.25, 0.3) is 0 Å². The zero-order chi connectivity index (χ0) is 16.0. The number of rotatable bonds is 5. The maximum atomic E-state index is 11.8. The first-order valence-corrected chi connectivity index (χ1v) is 6.51. The predicted octanol–water partition coefficient (Wildman–Crippen LogP) is 1.42. The molecule has 1 aromatic rings. The van der Waals surface area contributed by atoms with Crippen molar-refractivity contribution in [1.82, 2.24) is 10.6 Å². The van der Waals surface area contributed by atoms with Crippen molar-refractivity contribution in [3.8, 4) is 0 Å². The Morgan fingerprint density at radius 2 is 1.57 bits per heavy atom. The van der Waals surface area contributed by atoms with E-state index in [1.807, 2.05) is 13.8 Å². The largest absolute Gasteiger partial charge is 0.480 e. The van der Waals surface area contributed by atoms with Crippen LogP contribution in [0.2, 0.25) is 0 Å². The summed E-state index contributed by atoms with van der Waals surface area (Å²) in [5.74, 6) is -1.59. The van der Waals surface area contributed by atoms with Gasteiger partial charge in [0.1, 0.15) is 6.04 Å². The molecular weight excluding hydrogens is 274 g/mol. The van der Waals surface area contributed by atoms with Gasteiger partial charge < -0.3 is 21.1 Å². The smallest absolute Gasteiger partial charge is 0.325 e. The van der Waals surface area contributed by atoms with Crippen molar-refractivity contribution in [3.05, 3.63) is 29.8 Å². The molecule has 7 heteroatoms. The first-order valence-electron chi connectivity index (χ1n) is 6.51. The molecule has 7 nitrogen and oxygen atoms in total. The van der Waals surface area contributed by atoms with E-state index in [9.17, 15) is 14.4 Å². The second-order valence-corrected chi connectivity index (χ2v) is 4.86. The molecule has 1 rings (SSSR count). The minimum Gasteiger partial charge on any atom is -0.480 e. The van der Waals surface area contributed by atoms with Crippen LogP contribution >= 0.6 is 0 Å². The van der Waals surface area contributed by atoms with Crippen LogP contribution < -0.4 is 16.0 Å². The summed E-state index contributed by atoms with van der Waals surface area (Å²) >= 11 is 0. The van der Waals surface area contributed by atoms with Crippen LogP contribution in [-0.2, 0) is 4.79 Å². The standard InChI is InChI=1S/C14H19N3O4/c1-8(2)15-14(21)17-11-6-4-10(5-7-11)12(18)16-9(3)13(19)20/h4-9H,1-3H3,(H,16,18)(H,19,20)(H2,15,17,21). The lowest BCUT2D eigenvalue weighted by molar-refractivity contribution is -0.138. The van der Waals surface area contributed by atoms with E-state index in [0.717, 1.165) is 0 Å². The first kappa shape index (κ1) is 16.5. The number of carbonyl (C=O) groups excluding carboxylic acids is 2. The molecule has 1 aromatic carbocycles. The second-order valence-electron chi connectivity index (χ2n) is 4.86. The Balaban J connectivity index is 2.63. The molecule has 21 heavy (non-hydrogen) atoms. The average Bonchev–Trinajstić information content (AvgIpc) is 2.38. The molecule has 0 aliphatic rings. The number of urea groups is 1. The Morgan fingerprint density at radius 1 is 1.00 bits per heavy atom. The second kappa shape index (κ2) is 7.28. The van der Waals surface area contributed by atoms with Gasteiger partial charge in [-0.1, -0.05) is 0 Å². The van der Waals surface area contributed by atoms with Gasteiger partial charge in [0, 0.05) is 17.3 Å². The molecule has 0 saturated heterocycles. The molecule has 114 valence electrons. The number of anilines is 1. The highest BCUT2D eigenvalue weighted by Crippen LogP contribution is 2.09. The summed E-state index contributed by atoms with van der Waals surface area (Å²) in [5, 5.41) is 16.4. The van der Waals surface area contributed by atoms with Crippen LogP contribution in [0, 0.1) is 0 Å². The number of aliphatic carboxylic acids is 1. The van der Waals surface area contributed by atoms with Gasteiger partial charge in [-0.15, -0.1) is 0 Å². The monoisotopic (exact) mass is 293 g/mol.